The van der Waals surface area contributed by atoms with Crippen LogP contribution in [0, 0.1) is 6.92 Å². The Balaban J connectivity index is 1.87. The standard InChI is InChI=1S/C12H18N2O2/c1-9-3-4-10(12(14-9)15-2)7-13-8-11-5-6-16-11/h3-4,11,13H,5-8H2,1-2H3. The number of methoxy groups -OCH3 is 1. The van der Waals surface area contributed by atoms with Crippen LogP contribution in [0.1, 0.15) is 17.7 Å². The van der Waals surface area contributed by atoms with E-state index < -0.39 is 0 Å². The maximum Gasteiger partial charge on any atom is 0.217 e. The van der Waals surface area contributed by atoms with E-state index in [-0.39, 0.29) is 0 Å². The van der Waals surface area contributed by atoms with Gasteiger partial charge >= 0.3 is 0 Å². The number of nitrogens with zero attached hydrogens (tertiary/aromatic N) is 1. The fraction of sp³-hybridized carbons (Fsp3) is 0.583. The molecule has 1 saturated heterocycles. The lowest BCUT2D eigenvalue weighted by Gasteiger charge is -2.26. The van der Waals surface area contributed by atoms with Crippen LogP contribution in [0.4, 0.5) is 0 Å². The van der Waals surface area contributed by atoms with Crippen LogP contribution in [0.5, 0.6) is 5.88 Å². The number of aromatic nitrogens is 1. The van der Waals surface area contributed by atoms with Crippen LogP contribution >= 0.6 is 0 Å². The first-order valence-corrected chi connectivity index (χ1v) is 5.62. The second kappa shape index (κ2) is 5.27. The van der Waals surface area contributed by atoms with Crippen molar-refractivity contribution in [3.63, 3.8) is 0 Å². The Hall–Kier alpha value is -1.13. The van der Waals surface area contributed by atoms with E-state index in [2.05, 4.69) is 16.4 Å². The summed E-state index contributed by atoms with van der Waals surface area (Å²) in [5, 5.41) is 3.35. The van der Waals surface area contributed by atoms with Crippen molar-refractivity contribution in [2.45, 2.75) is 26.0 Å². The third-order valence-electron chi connectivity index (χ3n) is 2.75. The number of hydrogen-bond acceptors (Lipinski definition) is 4. The number of ether oxygens (including phenoxy) is 2. The van der Waals surface area contributed by atoms with E-state index in [1.165, 1.54) is 0 Å². The summed E-state index contributed by atoms with van der Waals surface area (Å²) in [4.78, 5) is 4.33. The van der Waals surface area contributed by atoms with Gasteiger partial charge in [-0.3, -0.25) is 0 Å². The molecule has 4 heteroatoms. The van der Waals surface area contributed by atoms with Gasteiger partial charge in [0.25, 0.3) is 0 Å². The summed E-state index contributed by atoms with van der Waals surface area (Å²) in [6.45, 7) is 4.54. The second-order valence-electron chi connectivity index (χ2n) is 4.03. The van der Waals surface area contributed by atoms with Gasteiger partial charge in [-0.15, -0.1) is 0 Å². The number of rotatable bonds is 5. The molecule has 0 spiro atoms. The monoisotopic (exact) mass is 222 g/mol. The van der Waals surface area contributed by atoms with E-state index >= 15 is 0 Å². The minimum absolute atomic E-state index is 0.393. The topological polar surface area (TPSA) is 43.4 Å². The van der Waals surface area contributed by atoms with E-state index in [0.29, 0.717) is 12.0 Å². The van der Waals surface area contributed by atoms with Gasteiger partial charge in [0, 0.05) is 31.0 Å². The normalized spacial score (nSPS) is 19.2. The molecule has 0 aromatic carbocycles. The highest BCUT2D eigenvalue weighted by atomic mass is 16.5. The van der Waals surface area contributed by atoms with Crippen LogP contribution in [-0.2, 0) is 11.3 Å². The molecule has 4 nitrogen and oxygen atoms in total. The molecule has 1 atom stereocenters. The van der Waals surface area contributed by atoms with Gasteiger partial charge in [0.2, 0.25) is 5.88 Å². The highest BCUT2D eigenvalue weighted by molar-refractivity contribution is 5.27. The predicted octanol–water partition coefficient (Wildman–Crippen LogP) is 1.28. The third kappa shape index (κ3) is 2.71. The first kappa shape index (κ1) is 11.4. The lowest BCUT2D eigenvalue weighted by atomic mass is 10.2. The minimum Gasteiger partial charge on any atom is -0.481 e. The molecule has 1 N–H and O–H groups in total. The van der Waals surface area contributed by atoms with Crippen molar-refractivity contribution in [2.24, 2.45) is 0 Å². The van der Waals surface area contributed by atoms with E-state index in [0.717, 1.165) is 37.4 Å². The molecule has 1 unspecified atom stereocenters. The van der Waals surface area contributed by atoms with Crippen LogP contribution in [0.25, 0.3) is 0 Å². The molecule has 2 rings (SSSR count). The fourth-order valence-electron chi connectivity index (χ4n) is 1.69. The molecule has 1 aromatic heterocycles. The highest BCUT2D eigenvalue weighted by Gasteiger charge is 2.17. The molecule has 88 valence electrons. The Morgan fingerprint density at radius 3 is 3.00 bits per heavy atom. The average Bonchev–Trinajstić information content (AvgIpc) is 2.23. The Morgan fingerprint density at radius 1 is 1.56 bits per heavy atom. The van der Waals surface area contributed by atoms with Gasteiger partial charge in [0.05, 0.1) is 13.2 Å². The molecular formula is C12H18N2O2. The zero-order valence-corrected chi connectivity index (χ0v) is 9.82. The molecule has 1 aliphatic rings. The average molecular weight is 222 g/mol. The zero-order valence-electron chi connectivity index (χ0n) is 9.82. The largest absolute Gasteiger partial charge is 0.481 e. The number of aryl methyl sites for hydroxylation is 1. The van der Waals surface area contributed by atoms with Crippen molar-refractivity contribution in [1.29, 1.82) is 0 Å². The lowest BCUT2D eigenvalue weighted by molar-refractivity contribution is -0.0484. The van der Waals surface area contributed by atoms with Crippen molar-refractivity contribution in [2.75, 3.05) is 20.3 Å². The van der Waals surface area contributed by atoms with Crippen molar-refractivity contribution >= 4 is 0 Å². The summed E-state index contributed by atoms with van der Waals surface area (Å²) in [5.74, 6) is 0.710. The molecular weight excluding hydrogens is 204 g/mol. The Labute approximate surface area is 96.0 Å². The van der Waals surface area contributed by atoms with Gasteiger partial charge in [-0.2, -0.15) is 0 Å². The summed E-state index contributed by atoms with van der Waals surface area (Å²) in [5.41, 5.74) is 2.07. The number of pyridine rings is 1. The van der Waals surface area contributed by atoms with E-state index in [1.807, 2.05) is 13.0 Å². The number of hydrogen-bond donors (Lipinski definition) is 1. The highest BCUT2D eigenvalue weighted by Crippen LogP contribution is 2.15. The first-order valence-electron chi connectivity index (χ1n) is 5.62. The van der Waals surface area contributed by atoms with E-state index in [9.17, 15) is 0 Å². The van der Waals surface area contributed by atoms with Gasteiger partial charge in [-0.1, -0.05) is 6.07 Å². The molecule has 16 heavy (non-hydrogen) atoms. The van der Waals surface area contributed by atoms with Crippen LogP contribution in [-0.4, -0.2) is 31.3 Å². The van der Waals surface area contributed by atoms with E-state index in [1.54, 1.807) is 7.11 Å². The molecule has 0 aliphatic carbocycles. The lowest BCUT2D eigenvalue weighted by Crippen LogP contribution is -2.36. The minimum atomic E-state index is 0.393. The quantitative estimate of drug-likeness (QED) is 0.815. The summed E-state index contributed by atoms with van der Waals surface area (Å²) in [6.07, 6.45) is 1.56. The van der Waals surface area contributed by atoms with Gasteiger partial charge in [-0.25, -0.2) is 4.98 Å². The fourth-order valence-corrected chi connectivity index (χ4v) is 1.69. The molecule has 0 radical (unpaired) electrons. The van der Waals surface area contributed by atoms with Crippen molar-refractivity contribution in [3.8, 4) is 5.88 Å². The van der Waals surface area contributed by atoms with E-state index in [4.69, 9.17) is 9.47 Å². The molecule has 0 bridgehead atoms. The molecule has 0 amide bonds. The Morgan fingerprint density at radius 2 is 2.38 bits per heavy atom. The maximum absolute atomic E-state index is 5.33. The van der Waals surface area contributed by atoms with Gasteiger partial charge in [0.15, 0.2) is 0 Å². The molecule has 1 aromatic rings. The molecule has 1 fully saturated rings. The Bertz CT molecular complexity index is 351. The van der Waals surface area contributed by atoms with Gasteiger partial charge in [0.1, 0.15) is 0 Å². The molecule has 2 heterocycles. The van der Waals surface area contributed by atoms with Crippen LogP contribution in [0.2, 0.25) is 0 Å². The first-order chi connectivity index (χ1) is 7.79. The molecule has 1 aliphatic heterocycles. The predicted molar refractivity (Wildman–Crippen MR) is 61.6 cm³/mol. The second-order valence-corrected chi connectivity index (χ2v) is 4.03. The summed E-state index contributed by atoms with van der Waals surface area (Å²) >= 11 is 0. The van der Waals surface area contributed by atoms with Crippen molar-refractivity contribution < 1.29 is 9.47 Å². The summed E-state index contributed by atoms with van der Waals surface area (Å²) in [6, 6.07) is 4.05. The summed E-state index contributed by atoms with van der Waals surface area (Å²) < 4.78 is 10.6. The maximum atomic E-state index is 5.33. The molecule has 0 saturated carbocycles. The Kier molecular flexibility index (Phi) is 3.74. The SMILES string of the molecule is COc1nc(C)ccc1CNCC1CCO1. The smallest absolute Gasteiger partial charge is 0.217 e. The number of nitrogens with one attached hydrogen (secondary N) is 1. The van der Waals surface area contributed by atoms with Crippen LogP contribution < -0.4 is 10.1 Å². The van der Waals surface area contributed by atoms with Gasteiger partial charge in [-0.05, 0) is 19.4 Å². The zero-order chi connectivity index (χ0) is 11.4. The van der Waals surface area contributed by atoms with Gasteiger partial charge < -0.3 is 14.8 Å². The van der Waals surface area contributed by atoms with Crippen molar-refractivity contribution in [3.05, 3.63) is 23.4 Å². The summed E-state index contributed by atoms with van der Waals surface area (Å²) in [7, 11) is 1.65. The third-order valence-corrected chi connectivity index (χ3v) is 2.75. The van der Waals surface area contributed by atoms with Crippen molar-refractivity contribution in [1.82, 2.24) is 10.3 Å². The van der Waals surface area contributed by atoms with Crippen LogP contribution in [0.3, 0.4) is 0 Å². The van der Waals surface area contributed by atoms with Crippen LogP contribution in [0.15, 0.2) is 12.1 Å².